The summed E-state index contributed by atoms with van der Waals surface area (Å²) in [5.74, 6) is 1.63. The van der Waals surface area contributed by atoms with Crippen LogP contribution in [-0.2, 0) is 19.4 Å². The molecule has 3 aromatic heterocycles. The Morgan fingerprint density at radius 3 is 2.87 bits per heavy atom. The maximum Gasteiger partial charge on any atom is 0.261 e. The molecular formula is C18H17NO2S2. The van der Waals surface area contributed by atoms with Crippen molar-refractivity contribution in [3.8, 4) is 10.4 Å². The zero-order chi connectivity index (χ0) is 16.0. The highest BCUT2D eigenvalue weighted by atomic mass is 32.1. The van der Waals surface area contributed by atoms with E-state index in [4.69, 9.17) is 4.42 Å². The molecule has 0 spiro atoms. The van der Waals surface area contributed by atoms with E-state index in [2.05, 4.69) is 24.4 Å². The smallest absolute Gasteiger partial charge is 0.261 e. The van der Waals surface area contributed by atoms with E-state index in [0.29, 0.717) is 6.54 Å². The lowest BCUT2D eigenvalue weighted by Crippen LogP contribution is -2.21. The van der Waals surface area contributed by atoms with Gasteiger partial charge < -0.3 is 9.73 Å². The molecule has 23 heavy (non-hydrogen) atoms. The minimum atomic E-state index is -0.0213. The number of hydrogen-bond donors (Lipinski definition) is 1. The van der Waals surface area contributed by atoms with Crippen molar-refractivity contribution in [1.29, 1.82) is 0 Å². The van der Waals surface area contributed by atoms with E-state index in [-0.39, 0.29) is 5.91 Å². The largest absolute Gasteiger partial charge is 0.465 e. The summed E-state index contributed by atoms with van der Waals surface area (Å²) in [5, 5.41) is 2.95. The van der Waals surface area contributed by atoms with Gasteiger partial charge in [-0.1, -0.05) is 0 Å². The average molecular weight is 343 g/mol. The quantitative estimate of drug-likeness (QED) is 0.748. The number of carbonyl (C=O) groups is 1. The van der Waals surface area contributed by atoms with Crippen LogP contribution >= 0.6 is 22.7 Å². The first-order chi connectivity index (χ1) is 11.1. The molecule has 0 atom stereocenters. The van der Waals surface area contributed by atoms with Crippen molar-refractivity contribution in [2.75, 3.05) is 0 Å². The number of rotatable bonds is 3. The molecule has 5 heteroatoms. The molecule has 0 saturated carbocycles. The zero-order valence-corrected chi connectivity index (χ0v) is 14.7. The molecule has 0 bridgehead atoms. The van der Waals surface area contributed by atoms with Crippen LogP contribution in [0.15, 0.2) is 28.7 Å². The van der Waals surface area contributed by atoms with Gasteiger partial charge >= 0.3 is 0 Å². The van der Waals surface area contributed by atoms with Gasteiger partial charge in [-0.2, -0.15) is 0 Å². The van der Waals surface area contributed by atoms with E-state index >= 15 is 0 Å². The van der Waals surface area contributed by atoms with Crippen LogP contribution in [0.3, 0.4) is 0 Å². The molecule has 3 nitrogen and oxygen atoms in total. The van der Waals surface area contributed by atoms with E-state index in [1.165, 1.54) is 25.8 Å². The number of hydrogen-bond acceptors (Lipinski definition) is 4. The third-order valence-corrected chi connectivity index (χ3v) is 6.37. The number of carbonyl (C=O) groups excluding carboxylic acids is 1. The van der Waals surface area contributed by atoms with Gasteiger partial charge in [-0.05, 0) is 56.5 Å². The molecular weight excluding hydrogens is 326 g/mol. The fourth-order valence-corrected chi connectivity index (χ4v) is 5.25. The van der Waals surface area contributed by atoms with Crippen LogP contribution in [0.4, 0.5) is 0 Å². The van der Waals surface area contributed by atoms with Crippen molar-refractivity contribution in [3.63, 3.8) is 0 Å². The van der Waals surface area contributed by atoms with Gasteiger partial charge in [-0.25, -0.2) is 0 Å². The lowest BCUT2D eigenvalue weighted by atomic mass is 9.98. The van der Waals surface area contributed by atoms with Gasteiger partial charge in [0, 0.05) is 20.2 Å². The van der Waals surface area contributed by atoms with E-state index in [9.17, 15) is 4.79 Å². The Morgan fingerprint density at radius 2 is 2.09 bits per heavy atom. The van der Waals surface area contributed by atoms with E-state index in [1.807, 2.05) is 30.4 Å². The van der Waals surface area contributed by atoms with Crippen LogP contribution in [0.25, 0.3) is 10.4 Å². The first-order valence-electron chi connectivity index (χ1n) is 7.66. The number of furan rings is 1. The molecule has 0 aliphatic heterocycles. The number of thiophene rings is 2. The molecule has 3 heterocycles. The van der Waals surface area contributed by atoms with Crippen LogP contribution in [0.1, 0.15) is 36.5 Å². The van der Waals surface area contributed by atoms with Gasteiger partial charge in [0.25, 0.3) is 5.91 Å². The van der Waals surface area contributed by atoms with Crippen LogP contribution < -0.4 is 5.32 Å². The van der Waals surface area contributed by atoms with Gasteiger partial charge in [0.2, 0.25) is 0 Å². The Morgan fingerprint density at radius 1 is 1.22 bits per heavy atom. The molecule has 0 aromatic carbocycles. The molecule has 1 aliphatic rings. The van der Waals surface area contributed by atoms with Gasteiger partial charge in [-0.3, -0.25) is 4.79 Å². The molecule has 0 unspecified atom stereocenters. The lowest BCUT2D eigenvalue weighted by Gasteiger charge is -2.10. The normalized spacial score (nSPS) is 12.8. The zero-order valence-electron chi connectivity index (χ0n) is 13.1. The molecule has 0 saturated heterocycles. The standard InChI is InChI=1S/C18H17NO2S2/c1-10-3-5-13(21-10)9-19-18(20)16-8-12-4-6-15-14(17(12)23-16)7-11(2)22-15/h3,5,7-8H,4,6,9H2,1-2H3,(H,19,20). The predicted molar refractivity (Wildman–Crippen MR) is 94.4 cm³/mol. The van der Waals surface area contributed by atoms with Gasteiger partial charge in [0.05, 0.1) is 11.4 Å². The van der Waals surface area contributed by atoms with Gasteiger partial charge in [0.15, 0.2) is 0 Å². The summed E-state index contributed by atoms with van der Waals surface area (Å²) in [6, 6.07) is 8.11. The van der Waals surface area contributed by atoms with E-state index in [0.717, 1.165) is 29.2 Å². The maximum atomic E-state index is 12.4. The van der Waals surface area contributed by atoms with Crippen LogP contribution in [-0.4, -0.2) is 5.91 Å². The van der Waals surface area contributed by atoms with Crippen LogP contribution in [0.2, 0.25) is 0 Å². The van der Waals surface area contributed by atoms with Gasteiger partial charge in [-0.15, -0.1) is 22.7 Å². The van der Waals surface area contributed by atoms with Crippen LogP contribution in [0.5, 0.6) is 0 Å². The van der Waals surface area contributed by atoms with Gasteiger partial charge in [0.1, 0.15) is 11.5 Å². The minimum absolute atomic E-state index is 0.0213. The third-order valence-electron chi connectivity index (χ3n) is 4.05. The Bertz CT molecular complexity index is 885. The summed E-state index contributed by atoms with van der Waals surface area (Å²) in [5.41, 5.74) is 2.64. The van der Waals surface area contributed by atoms with E-state index < -0.39 is 0 Å². The molecule has 1 N–H and O–H groups in total. The summed E-state index contributed by atoms with van der Waals surface area (Å²) in [7, 11) is 0. The summed E-state index contributed by atoms with van der Waals surface area (Å²) in [4.78, 5) is 17.3. The second kappa shape index (κ2) is 5.65. The van der Waals surface area contributed by atoms with Crippen molar-refractivity contribution >= 4 is 28.6 Å². The van der Waals surface area contributed by atoms with Crippen molar-refractivity contribution in [2.24, 2.45) is 0 Å². The van der Waals surface area contributed by atoms with Crippen molar-refractivity contribution in [2.45, 2.75) is 33.2 Å². The number of aryl methyl sites for hydroxylation is 4. The fraction of sp³-hybridized carbons (Fsp3) is 0.278. The molecule has 0 radical (unpaired) electrons. The summed E-state index contributed by atoms with van der Waals surface area (Å²) in [6.07, 6.45) is 2.12. The minimum Gasteiger partial charge on any atom is -0.465 e. The Hall–Kier alpha value is -1.85. The monoisotopic (exact) mass is 343 g/mol. The Balaban J connectivity index is 1.54. The molecule has 118 valence electrons. The van der Waals surface area contributed by atoms with E-state index in [1.54, 1.807) is 11.3 Å². The second-order valence-corrected chi connectivity index (χ2v) is 8.25. The maximum absolute atomic E-state index is 12.4. The predicted octanol–water partition coefficient (Wildman–Crippen LogP) is 4.72. The van der Waals surface area contributed by atoms with Crippen molar-refractivity contribution in [3.05, 3.63) is 56.0 Å². The summed E-state index contributed by atoms with van der Waals surface area (Å²) >= 11 is 3.48. The summed E-state index contributed by atoms with van der Waals surface area (Å²) in [6.45, 7) is 4.48. The van der Waals surface area contributed by atoms with Crippen molar-refractivity contribution in [1.82, 2.24) is 5.32 Å². The second-order valence-electron chi connectivity index (χ2n) is 5.85. The lowest BCUT2D eigenvalue weighted by molar-refractivity contribution is 0.0952. The molecule has 1 amide bonds. The fourth-order valence-electron chi connectivity index (χ4n) is 2.98. The third kappa shape index (κ3) is 2.75. The SMILES string of the molecule is Cc1ccc(CNC(=O)c2cc3c(s2)-c2cc(C)sc2CC3)o1. The topological polar surface area (TPSA) is 42.2 Å². The molecule has 3 aromatic rings. The number of amides is 1. The molecule has 1 aliphatic carbocycles. The summed E-state index contributed by atoms with van der Waals surface area (Å²) < 4.78 is 5.49. The Labute approximate surface area is 143 Å². The highest BCUT2D eigenvalue weighted by Gasteiger charge is 2.23. The van der Waals surface area contributed by atoms with Crippen LogP contribution in [0, 0.1) is 13.8 Å². The first-order valence-corrected chi connectivity index (χ1v) is 9.29. The highest BCUT2D eigenvalue weighted by Crippen LogP contribution is 2.43. The van der Waals surface area contributed by atoms with Crippen molar-refractivity contribution < 1.29 is 9.21 Å². The molecule has 4 rings (SSSR count). The Kier molecular flexibility index (Phi) is 3.62. The number of fused-ring (bicyclic) bond motifs is 3. The highest BCUT2D eigenvalue weighted by molar-refractivity contribution is 7.18. The first kappa shape index (κ1) is 14.7. The number of nitrogens with one attached hydrogen (secondary N) is 1. The molecule has 0 fully saturated rings. The average Bonchev–Trinajstić information content (AvgIpc) is 3.20.